The number of anilines is 3. The van der Waals surface area contributed by atoms with E-state index in [4.69, 9.17) is 11.5 Å². The summed E-state index contributed by atoms with van der Waals surface area (Å²) in [4.78, 5) is 2.40. The molecule has 2 unspecified atom stereocenters. The topological polar surface area (TPSA) is 89.2 Å². The number of nitrogens with zero attached hydrogens (tertiary/aromatic N) is 1. The summed E-state index contributed by atoms with van der Waals surface area (Å²) < 4.78 is 0. The van der Waals surface area contributed by atoms with Gasteiger partial charge in [0.25, 0.3) is 0 Å². The van der Waals surface area contributed by atoms with Gasteiger partial charge >= 0.3 is 0 Å². The first-order valence-electron chi connectivity index (χ1n) is 20.5. The van der Waals surface area contributed by atoms with E-state index in [0.29, 0.717) is 13.1 Å². The van der Waals surface area contributed by atoms with Crippen LogP contribution in [0, 0.1) is 0 Å². The molecule has 1 fully saturated rings. The van der Waals surface area contributed by atoms with Crippen molar-refractivity contribution in [2.24, 2.45) is 11.5 Å². The highest BCUT2D eigenvalue weighted by Gasteiger charge is 2.50. The van der Waals surface area contributed by atoms with Crippen LogP contribution in [0.4, 0.5) is 17.1 Å². The van der Waals surface area contributed by atoms with Crippen molar-refractivity contribution in [1.29, 1.82) is 0 Å². The normalized spacial score (nSPS) is 18.0. The van der Waals surface area contributed by atoms with Crippen LogP contribution in [-0.2, 0) is 11.0 Å². The minimum atomic E-state index is -0.557. The number of para-hydroxylation sites is 3. The van der Waals surface area contributed by atoms with Gasteiger partial charge in [-0.05, 0) is 104 Å². The molecule has 0 saturated carbocycles. The van der Waals surface area contributed by atoms with Crippen LogP contribution in [0.1, 0.15) is 45.1 Å². The first kappa shape index (κ1) is 36.7. The van der Waals surface area contributed by atoms with Gasteiger partial charge in [-0.1, -0.05) is 164 Å². The van der Waals surface area contributed by atoms with Gasteiger partial charge in [-0.3, -0.25) is 5.32 Å². The number of rotatable bonds is 11. The van der Waals surface area contributed by atoms with Gasteiger partial charge in [-0.2, -0.15) is 0 Å². The van der Waals surface area contributed by atoms with Gasteiger partial charge in [-0.25, -0.2) is 0 Å². The molecule has 5 nitrogen and oxygen atoms in total. The van der Waals surface area contributed by atoms with Crippen molar-refractivity contribution >= 4 is 28.7 Å². The quantitative estimate of drug-likeness (QED) is 0.0778. The summed E-state index contributed by atoms with van der Waals surface area (Å²) in [6.45, 7) is 1.99. The summed E-state index contributed by atoms with van der Waals surface area (Å²) in [7, 11) is 0. The summed E-state index contributed by atoms with van der Waals surface area (Å²) in [6.07, 6.45) is 8.66. The predicted molar refractivity (Wildman–Crippen MR) is 245 cm³/mol. The fraction of sp³-hybridized carbons (Fsp3) is 0.111. The molecule has 0 amide bonds. The van der Waals surface area contributed by atoms with Crippen molar-refractivity contribution in [3.63, 3.8) is 0 Å². The Hall–Kier alpha value is -6.60. The average molecular weight is 766 g/mol. The first-order chi connectivity index (χ1) is 29.1. The predicted octanol–water partition coefficient (Wildman–Crippen LogP) is 10.5. The highest BCUT2D eigenvalue weighted by molar-refractivity contribution is 5.94. The Morgan fingerprint density at radius 1 is 0.678 bits per heavy atom. The monoisotopic (exact) mass is 765 g/mol. The van der Waals surface area contributed by atoms with Crippen LogP contribution in [0.2, 0.25) is 0 Å². The van der Waals surface area contributed by atoms with Gasteiger partial charge in [0.1, 0.15) is 0 Å². The van der Waals surface area contributed by atoms with Crippen LogP contribution in [0.3, 0.4) is 0 Å². The third kappa shape index (κ3) is 6.45. The number of hydrogen-bond acceptors (Lipinski definition) is 5. The molecule has 288 valence electrons. The highest BCUT2D eigenvalue weighted by Crippen LogP contribution is 2.61. The van der Waals surface area contributed by atoms with Crippen molar-refractivity contribution < 1.29 is 0 Å². The molecule has 59 heavy (non-hydrogen) atoms. The fourth-order valence-electron chi connectivity index (χ4n) is 9.34. The van der Waals surface area contributed by atoms with Crippen molar-refractivity contribution in [2.45, 2.75) is 17.1 Å². The molecule has 7 aromatic rings. The molecule has 0 radical (unpaired) electrons. The lowest BCUT2D eigenvalue weighted by atomic mass is 9.63. The Morgan fingerprint density at radius 2 is 1.31 bits per heavy atom. The zero-order valence-corrected chi connectivity index (χ0v) is 32.9. The molecule has 2 heterocycles. The second-order valence-electron chi connectivity index (χ2n) is 15.7. The summed E-state index contributed by atoms with van der Waals surface area (Å²) in [6, 6.07) is 65.3. The van der Waals surface area contributed by atoms with E-state index in [9.17, 15) is 0 Å². The minimum absolute atomic E-state index is 0.170. The lowest BCUT2D eigenvalue weighted by Crippen LogP contribution is -2.36. The molecular formula is C54H47N5. The van der Waals surface area contributed by atoms with E-state index in [2.05, 4.69) is 222 Å². The Kier molecular flexibility index (Phi) is 9.52. The van der Waals surface area contributed by atoms with Crippen molar-refractivity contribution in [2.75, 3.05) is 24.5 Å². The zero-order chi connectivity index (χ0) is 39.8. The van der Waals surface area contributed by atoms with E-state index in [-0.39, 0.29) is 11.7 Å². The fourth-order valence-corrected chi connectivity index (χ4v) is 9.34. The van der Waals surface area contributed by atoms with E-state index in [1.165, 1.54) is 44.5 Å². The van der Waals surface area contributed by atoms with Gasteiger partial charge in [0.15, 0.2) is 0 Å². The van der Waals surface area contributed by atoms with E-state index in [1.807, 2.05) is 0 Å². The Morgan fingerprint density at radius 3 is 1.98 bits per heavy atom. The number of hydrogen-bond donors (Lipinski definition) is 4. The van der Waals surface area contributed by atoms with E-state index in [0.717, 1.165) is 40.3 Å². The molecule has 3 aliphatic rings. The largest absolute Gasteiger partial charge is 0.327 e. The summed E-state index contributed by atoms with van der Waals surface area (Å²) >= 11 is 0. The Bertz CT molecular complexity index is 2680. The highest BCUT2D eigenvalue weighted by atomic mass is 15.2. The molecule has 1 saturated heterocycles. The van der Waals surface area contributed by atoms with E-state index >= 15 is 0 Å². The van der Waals surface area contributed by atoms with Gasteiger partial charge in [-0.15, -0.1) is 0 Å². The summed E-state index contributed by atoms with van der Waals surface area (Å²) in [5.41, 5.74) is 29.0. The van der Waals surface area contributed by atoms with Crippen LogP contribution < -0.4 is 27.0 Å². The SMILES string of the molecule is NC/C=C\C1=Cc2ccc(-c3cccc(C(N)NC/C(=C\C4(c5ccccc5)CN4)c4ccccc4)c3)cc2C12c1ccccc1N(c1ccccc1)c1ccccc12. The molecule has 2 aliphatic heterocycles. The van der Waals surface area contributed by atoms with Crippen molar-refractivity contribution in [1.82, 2.24) is 10.6 Å². The second-order valence-corrected chi connectivity index (χ2v) is 15.7. The number of allylic oxidation sites excluding steroid dienone is 2. The van der Waals surface area contributed by atoms with Crippen molar-refractivity contribution in [3.8, 4) is 11.1 Å². The molecule has 6 N–H and O–H groups in total. The smallest absolute Gasteiger partial charge is 0.0812 e. The Balaban J connectivity index is 1.02. The lowest BCUT2D eigenvalue weighted by Gasteiger charge is -2.45. The van der Waals surface area contributed by atoms with Crippen LogP contribution in [-0.4, -0.2) is 19.6 Å². The van der Waals surface area contributed by atoms with E-state index < -0.39 is 5.41 Å². The molecule has 1 spiro atoms. The zero-order valence-electron chi connectivity index (χ0n) is 32.9. The van der Waals surface area contributed by atoms with Crippen LogP contribution in [0.15, 0.2) is 206 Å². The molecule has 0 bridgehead atoms. The molecule has 7 aromatic carbocycles. The molecule has 2 atom stereocenters. The first-order valence-corrected chi connectivity index (χ1v) is 20.5. The molecule has 1 aliphatic carbocycles. The van der Waals surface area contributed by atoms with Crippen LogP contribution in [0.25, 0.3) is 22.8 Å². The maximum Gasteiger partial charge on any atom is 0.0812 e. The van der Waals surface area contributed by atoms with Gasteiger partial charge in [0.05, 0.1) is 28.5 Å². The standard InChI is InChI=1S/C54H47N5/c55-31-15-22-45-33-41-30-29-40(34-49(41)54(45)47-25-10-12-27-50(47)59(46-23-8-3-9-24-46)51-28-13-11-26-48(51)54)39-18-14-19-42(32-39)52(56)57-36-43(38-16-4-1-5-17-38)35-53(37-58-53)44-20-6-2-7-21-44/h1-30,32-35,52,57-58H,31,36-37,55-56H2/b22-15-,43-35+. The second kappa shape index (κ2) is 15.3. The minimum Gasteiger partial charge on any atom is -0.327 e. The lowest BCUT2D eigenvalue weighted by molar-refractivity contribution is 0.594. The van der Waals surface area contributed by atoms with Gasteiger partial charge in [0, 0.05) is 25.3 Å². The molecule has 10 rings (SSSR count). The van der Waals surface area contributed by atoms with Crippen molar-refractivity contribution in [3.05, 3.63) is 245 Å². The molecular weight excluding hydrogens is 719 g/mol. The summed E-state index contributed by atoms with van der Waals surface area (Å²) in [5.74, 6) is 0. The summed E-state index contributed by atoms with van der Waals surface area (Å²) in [5, 5.41) is 7.31. The van der Waals surface area contributed by atoms with E-state index in [1.54, 1.807) is 0 Å². The van der Waals surface area contributed by atoms with Crippen LogP contribution in [0.5, 0.6) is 0 Å². The van der Waals surface area contributed by atoms with Crippen LogP contribution >= 0.6 is 0 Å². The van der Waals surface area contributed by atoms with Gasteiger partial charge in [0.2, 0.25) is 0 Å². The van der Waals surface area contributed by atoms with Gasteiger partial charge < -0.3 is 21.7 Å². The number of nitrogens with one attached hydrogen (secondary N) is 2. The third-order valence-corrected chi connectivity index (χ3v) is 12.3. The Labute approximate surface area is 347 Å². The maximum atomic E-state index is 7.01. The third-order valence-electron chi connectivity index (χ3n) is 12.3. The maximum absolute atomic E-state index is 7.01. The number of fused-ring (bicyclic) bond motifs is 6. The molecule has 0 aromatic heterocycles. The number of nitrogens with two attached hydrogens (primary N) is 2. The molecule has 5 heteroatoms. The number of benzene rings is 7. The average Bonchev–Trinajstić information content (AvgIpc) is 4.03.